The minimum absolute atomic E-state index is 0.105. The van der Waals surface area contributed by atoms with Crippen molar-refractivity contribution in [3.05, 3.63) is 59.2 Å². The van der Waals surface area contributed by atoms with Gasteiger partial charge in [-0.3, -0.25) is 4.79 Å². The highest BCUT2D eigenvalue weighted by Crippen LogP contribution is 2.33. The fourth-order valence-electron chi connectivity index (χ4n) is 3.35. The first-order valence-electron chi connectivity index (χ1n) is 9.01. The molecule has 6 nitrogen and oxygen atoms in total. The molecule has 1 unspecified atom stereocenters. The first-order chi connectivity index (χ1) is 13.5. The van der Waals surface area contributed by atoms with Gasteiger partial charge in [0.25, 0.3) is 5.89 Å². The number of carbonyl (C=O) groups is 1. The van der Waals surface area contributed by atoms with E-state index in [1.165, 1.54) is 24.8 Å². The third-order valence-corrected chi connectivity index (χ3v) is 5.13. The van der Waals surface area contributed by atoms with Gasteiger partial charge in [-0.1, -0.05) is 11.2 Å². The Hall–Kier alpha value is -3.22. The normalized spacial score (nSPS) is 16.6. The molecular formula is C21H20FN3O3. The average molecular weight is 381 g/mol. The summed E-state index contributed by atoms with van der Waals surface area (Å²) in [4.78, 5) is 18.5. The van der Waals surface area contributed by atoms with Crippen LogP contribution in [0.15, 0.2) is 40.9 Å². The molecule has 0 saturated carbocycles. The van der Waals surface area contributed by atoms with Crippen LogP contribution in [0.3, 0.4) is 0 Å². The molecule has 28 heavy (non-hydrogen) atoms. The van der Waals surface area contributed by atoms with Crippen LogP contribution < -0.4 is 9.64 Å². The van der Waals surface area contributed by atoms with Crippen LogP contribution in [0.4, 0.5) is 10.1 Å². The number of nitrogens with zero attached hydrogens (tertiary/aromatic N) is 3. The Labute approximate surface area is 161 Å². The zero-order chi connectivity index (χ0) is 19.8. The summed E-state index contributed by atoms with van der Waals surface area (Å²) in [6.45, 7) is 4.44. The van der Waals surface area contributed by atoms with Gasteiger partial charge in [-0.05, 0) is 49.2 Å². The van der Waals surface area contributed by atoms with Crippen molar-refractivity contribution in [2.75, 3.05) is 18.6 Å². The number of hydrogen-bond donors (Lipinski definition) is 0. The molecule has 0 aliphatic carbocycles. The van der Waals surface area contributed by atoms with Crippen molar-refractivity contribution in [1.82, 2.24) is 10.1 Å². The lowest BCUT2D eigenvalue weighted by Crippen LogP contribution is -2.24. The summed E-state index contributed by atoms with van der Waals surface area (Å²) in [5, 5.41) is 4.08. The van der Waals surface area contributed by atoms with Crippen LogP contribution in [-0.2, 0) is 4.79 Å². The molecule has 1 aliphatic heterocycles. The van der Waals surface area contributed by atoms with Crippen LogP contribution in [0.25, 0.3) is 11.5 Å². The Morgan fingerprint density at radius 1 is 1.18 bits per heavy atom. The zero-order valence-electron chi connectivity index (χ0n) is 15.9. The molecule has 0 bridgehead atoms. The van der Waals surface area contributed by atoms with Crippen LogP contribution in [0.2, 0.25) is 0 Å². The predicted molar refractivity (Wildman–Crippen MR) is 102 cm³/mol. The number of benzene rings is 2. The molecule has 0 N–H and O–H groups in total. The quantitative estimate of drug-likeness (QED) is 0.683. The van der Waals surface area contributed by atoms with Crippen LogP contribution >= 0.6 is 0 Å². The van der Waals surface area contributed by atoms with Gasteiger partial charge in [0.2, 0.25) is 5.91 Å². The van der Waals surface area contributed by atoms with E-state index in [1.54, 1.807) is 11.0 Å². The van der Waals surface area contributed by atoms with Crippen molar-refractivity contribution in [1.29, 1.82) is 0 Å². The van der Waals surface area contributed by atoms with E-state index in [1.807, 2.05) is 32.0 Å². The molecule has 2 aromatic carbocycles. The highest BCUT2D eigenvalue weighted by Gasteiger charge is 2.35. The summed E-state index contributed by atoms with van der Waals surface area (Å²) in [5.41, 5.74) is 3.66. The van der Waals surface area contributed by atoms with Gasteiger partial charge in [0.05, 0.1) is 7.11 Å². The molecule has 0 spiro atoms. The minimum Gasteiger partial charge on any atom is -0.494 e. The number of halogens is 1. The Balaban J connectivity index is 1.55. The van der Waals surface area contributed by atoms with Gasteiger partial charge in [-0.2, -0.15) is 4.98 Å². The molecule has 144 valence electrons. The third-order valence-electron chi connectivity index (χ3n) is 5.13. The third kappa shape index (κ3) is 3.24. The van der Waals surface area contributed by atoms with Crippen LogP contribution in [0.5, 0.6) is 5.75 Å². The fraction of sp³-hybridized carbons (Fsp3) is 0.286. The number of rotatable bonds is 4. The molecule has 7 heteroatoms. The van der Waals surface area contributed by atoms with Crippen molar-refractivity contribution in [3.63, 3.8) is 0 Å². The second-order valence-corrected chi connectivity index (χ2v) is 6.98. The molecule has 1 atom stereocenters. The number of aryl methyl sites for hydroxylation is 2. The van der Waals surface area contributed by atoms with Crippen molar-refractivity contribution in [3.8, 4) is 17.2 Å². The van der Waals surface area contributed by atoms with E-state index in [2.05, 4.69) is 10.1 Å². The molecule has 3 aromatic rings. The highest BCUT2D eigenvalue weighted by molar-refractivity contribution is 5.96. The number of carbonyl (C=O) groups excluding carboxylic acids is 1. The maximum absolute atomic E-state index is 14.0. The Morgan fingerprint density at radius 2 is 2.00 bits per heavy atom. The number of anilines is 1. The molecule has 1 amide bonds. The van der Waals surface area contributed by atoms with E-state index in [4.69, 9.17) is 9.26 Å². The van der Waals surface area contributed by atoms with Gasteiger partial charge in [0.1, 0.15) is 0 Å². The van der Waals surface area contributed by atoms with Crippen molar-refractivity contribution in [2.24, 2.45) is 0 Å². The monoisotopic (exact) mass is 381 g/mol. The van der Waals surface area contributed by atoms with Crippen molar-refractivity contribution < 1.29 is 18.4 Å². The molecule has 1 aromatic heterocycles. The second-order valence-electron chi connectivity index (χ2n) is 6.98. The number of ether oxygens (including phenoxy) is 1. The smallest absolute Gasteiger partial charge is 0.257 e. The molecule has 2 heterocycles. The topological polar surface area (TPSA) is 68.5 Å². The van der Waals surface area contributed by atoms with Crippen LogP contribution in [-0.4, -0.2) is 29.7 Å². The summed E-state index contributed by atoms with van der Waals surface area (Å²) in [7, 11) is 1.40. The van der Waals surface area contributed by atoms with Gasteiger partial charge < -0.3 is 14.2 Å². The van der Waals surface area contributed by atoms with Crippen molar-refractivity contribution >= 4 is 11.6 Å². The minimum atomic E-state index is -0.507. The molecule has 1 aliphatic rings. The summed E-state index contributed by atoms with van der Waals surface area (Å²) in [6, 6.07) is 10.4. The Morgan fingerprint density at radius 3 is 2.71 bits per heavy atom. The van der Waals surface area contributed by atoms with Gasteiger partial charge in [-0.15, -0.1) is 0 Å². The van der Waals surface area contributed by atoms with E-state index >= 15 is 0 Å². The molecule has 1 saturated heterocycles. The Kier molecular flexibility index (Phi) is 4.58. The molecule has 1 fully saturated rings. The maximum atomic E-state index is 14.0. The lowest BCUT2D eigenvalue weighted by molar-refractivity contribution is -0.117. The van der Waals surface area contributed by atoms with Crippen molar-refractivity contribution in [2.45, 2.75) is 26.2 Å². The molecular weight excluding hydrogens is 361 g/mol. The zero-order valence-corrected chi connectivity index (χ0v) is 15.9. The predicted octanol–water partition coefficient (Wildman–Crippen LogP) is 4.02. The first-order valence-corrected chi connectivity index (χ1v) is 9.01. The van der Waals surface area contributed by atoms with E-state index in [-0.39, 0.29) is 24.0 Å². The second kappa shape index (κ2) is 7.07. The van der Waals surface area contributed by atoms with Gasteiger partial charge in [-0.25, -0.2) is 4.39 Å². The summed E-state index contributed by atoms with van der Waals surface area (Å²) >= 11 is 0. The number of hydrogen-bond acceptors (Lipinski definition) is 5. The fourth-order valence-corrected chi connectivity index (χ4v) is 3.35. The molecule has 0 radical (unpaired) electrons. The van der Waals surface area contributed by atoms with E-state index in [9.17, 15) is 9.18 Å². The lowest BCUT2D eigenvalue weighted by Gasteiger charge is -2.16. The summed E-state index contributed by atoms with van der Waals surface area (Å²) in [5.74, 6) is 0.238. The van der Waals surface area contributed by atoms with Crippen LogP contribution in [0.1, 0.15) is 29.3 Å². The van der Waals surface area contributed by atoms with Gasteiger partial charge in [0.15, 0.2) is 17.4 Å². The molecule has 4 rings (SSSR count). The summed E-state index contributed by atoms with van der Waals surface area (Å²) in [6.07, 6.45) is 0.250. The maximum Gasteiger partial charge on any atom is 0.257 e. The number of amides is 1. The average Bonchev–Trinajstić information content (AvgIpc) is 3.31. The first kappa shape index (κ1) is 18.2. The number of aromatic nitrogens is 2. The van der Waals surface area contributed by atoms with E-state index in [0.29, 0.717) is 23.9 Å². The SMILES string of the molecule is COc1ccc(N2CC(c3noc(-c4ccc(C)c(C)c4)n3)CC2=O)cc1F. The van der Waals surface area contributed by atoms with E-state index in [0.717, 1.165) is 11.1 Å². The summed E-state index contributed by atoms with van der Waals surface area (Å²) < 4.78 is 24.3. The Bertz CT molecular complexity index is 1050. The number of methoxy groups -OCH3 is 1. The van der Waals surface area contributed by atoms with Gasteiger partial charge in [0, 0.05) is 36.2 Å². The van der Waals surface area contributed by atoms with E-state index < -0.39 is 5.82 Å². The lowest BCUT2D eigenvalue weighted by atomic mass is 10.1. The highest BCUT2D eigenvalue weighted by atomic mass is 19.1. The van der Waals surface area contributed by atoms with Crippen LogP contribution in [0, 0.1) is 19.7 Å². The standard InChI is InChI=1S/C21H20FN3O3/c1-12-4-5-14(8-13(12)2)21-23-20(24-28-21)15-9-19(26)25(11-15)16-6-7-18(27-3)17(22)10-16/h4-8,10,15H,9,11H2,1-3H3. The van der Waals surface area contributed by atoms with Gasteiger partial charge >= 0.3 is 0 Å². The largest absolute Gasteiger partial charge is 0.494 e.